The average molecular weight is 378 g/mol. The maximum absolute atomic E-state index is 11.9. The van der Waals surface area contributed by atoms with Gasteiger partial charge in [-0.25, -0.2) is 18.0 Å². The van der Waals surface area contributed by atoms with Crippen molar-refractivity contribution in [1.29, 1.82) is 0 Å². The number of methoxy groups -OCH3 is 1. The van der Waals surface area contributed by atoms with E-state index in [1.807, 2.05) is 20.8 Å². The van der Waals surface area contributed by atoms with E-state index in [1.165, 1.54) is 7.11 Å². The van der Waals surface area contributed by atoms with Crippen LogP contribution in [0.15, 0.2) is 4.40 Å². The quantitative estimate of drug-likeness (QED) is 0.537. The van der Waals surface area contributed by atoms with E-state index in [-0.39, 0.29) is 17.6 Å². The zero-order valence-electron chi connectivity index (χ0n) is 16.1. The molecule has 0 aliphatic rings. The maximum Gasteiger partial charge on any atom is 0.408 e. The van der Waals surface area contributed by atoms with Gasteiger partial charge < -0.3 is 14.8 Å². The summed E-state index contributed by atoms with van der Waals surface area (Å²) >= 11 is 0. The van der Waals surface area contributed by atoms with Gasteiger partial charge in [-0.2, -0.15) is 4.40 Å². The lowest BCUT2D eigenvalue weighted by molar-refractivity contribution is -0.142. The van der Waals surface area contributed by atoms with Gasteiger partial charge in [0.2, 0.25) is 0 Å². The van der Waals surface area contributed by atoms with E-state index >= 15 is 0 Å². The molecular weight excluding hydrogens is 348 g/mol. The van der Waals surface area contributed by atoms with E-state index in [2.05, 4.69) is 14.5 Å². The Kier molecular flexibility index (Phi) is 8.57. The molecule has 0 aromatic heterocycles. The number of esters is 1. The monoisotopic (exact) mass is 378 g/mol. The Morgan fingerprint density at radius 2 is 1.72 bits per heavy atom. The number of nitrogens with one attached hydrogen (secondary N) is 1. The summed E-state index contributed by atoms with van der Waals surface area (Å²) in [5.41, 5.74) is -0.857. The van der Waals surface area contributed by atoms with Crippen molar-refractivity contribution in [1.82, 2.24) is 5.32 Å². The number of hydrogen-bond donors (Lipinski definition) is 1. The average Bonchev–Trinajstić information content (AvgIpc) is 2.40. The van der Waals surface area contributed by atoms with Gasteiger partial charge >= 0.3 is 12.1 Å². The van der Waals surface area contributed by atoms with Crippen molar-refractivity contribution in [2.45, 2.75) is 66.0 Å². The third-order valence-corrected chi connectivity index (χ3v) is 4.05. The van der Waals surface area contributed by atoms with Crippen molar-refractivity contribution in [3.05, 3.63) is 0 Å². The fraction of sp³-hybridized carbons (Fsp3) is 0.812. The first-order valence-electron chi connectivity index (χ1n) is 7.99. The summed E-state index contributed by atoms with van der Waals surface area (Å²) in [6, 6.07) is -1.08. The Labute approximate surface area is 150 Å². The van der Waals surface area contributed by atoms with Crippen LogP contribution in [-0.4, -0.2) is 51.2 Å². The molecule has 8 nitrogen and oxygen atoms in total. The summed E-state index contributed by atoms with van der Waals surface area (Å²) in [6.07, 6.45) is 0.632. The molecule has 1 N–H and O–H groups in total. The molecule has 0 aromatic carbocycles. The summed E-state index contributed by atoms with van der Waals surface area (Å²) < 4.78 is 37.0. The van der Waals surface area contributed by atoms with Gasteiger partial charge in [-0.15, -0.1) is 0 Å². The van der Waals surface area contributed by atoms with Crippen LogP contribution in [-0.2, 0) is 24.3 Å². The van der Waals surface area contributed by atoms with E-state index in [1.54, 1.807) is 20.8 Å². The highest BCUT2D eigenvalue weighted by Crippen LogP contribution is 2.19. The minimum Gasteiger partial charge on any atom is -0.467 e. The molecule has 146 valence electrons. The van der Waals surface area contributed by atoms with E-state index in [0.717, 1.165) is 6.21 Å². The standard InChI is InChI=1S/C16H30N2O6S/c1-15(2,3)9-11-25(21,22)17-10-8-12(13(19)23-7)18-14(20)24-16(4,5)6/h10,12H,8-9,11H2,1-7H3,(H,18,20)/t12-/m0/s1. The van der Waals surface area contributed by atoms with Crippen LogP contribution in [0.5, 0.6) is 0 Å². The van der Waals surface area contributed by atoms with Gasteiger partial charge in [0.05, 0.1) is 12.9 Å². The molecule has 0 bridgehead atoms. The van der Waals surface area contributed by atoms with Gasteiger partial charge in [0.15, 0.2) is 0 Å². The normalized spacial score (nSPS) is 14.2. The first-order valence-corrected chi connectivity index (χ1v) is 9.60. The predicted octanol–water partition coefficient (Wildman–Crippen LogP) is 2.28. The topological polar surface area (TPSA) is 111 Å². The van der Waals surface area contributed by atoms with Gasteiger partial charge in [-0.3, -0.25) is 0 Å². The number of carbonyl (C=O) groups is 2. The smallest absolute Gasteiger partial charge is 0.408 e. The Morgan fingerprint density at radius 3 is 2.16 bits per heavy atom. The first kappa shape index (κ1) is 23.4. The van der Waals surface area contributed by atoms with Gasteiger partial charge in [0, 0.05) is 12.6 Å². The van der Waals surface area contributed by atoms with Crippen molar-refractivity contribution in [3.8, 4) is 0 Å². The molecule has 0 unspecified atom stereocenters. The third kappa shape index (κ3) is 12.4. The molecule has 0 aromatic rings. The Hall–Kier alpha value is -1.64. The fourth-order valence-electron chi connectivity index (χ4n) is 1.56. The van der Waals surface area contributed by atoms with E-state index in [9.17, 15) is 18.0 Å². The molecule has 0 rings (SSSR count). The van der Waals surface area contributed by atoms with E-state index in [0.29, 0.717) is 6.42 Å². The molecule has 0 saturated carbocycles. The molecular formula is C16H30N2O6S. The zero-order valence-corrected chi connectivity index (χ0v) is 16.9. The zero-order chi connectivity index (χ0) is 19.9. The summed E-state index contributed by atoms with van der Waals surface area (Å²) in [5, 5.41) is 2.34. The van der Waals surface area contributed by atoms with Crippen molar-refractivity contribution in [2.24, 2.45) is 9.81 Å². The Balaban J connectivity index is 4.83. The van der Waals surface area contributed by atoms with Gasteiger partial charge in [-0.05, 0) is 32.6 Å². The van der Waals surface area contributed by atoms with Crippen molar-refractivity contribution in [2.75, 3.05) is 12.9 Å². The molecule has 25 heavy (non-hydrogen) atoms. The van der Waals surface area contributed by atoms with E-state index in [4.69, 9.17) is 4.74 Å². The largest absolute Gasteiger partial charge is 0.467 e. The maximum atomic E-state index is 11.9. The minimum absolute atomic E-state index is 0.0879. The van der Waals surface area contributed by atoms with Gasteiger partial charge in [0.25, 0.3) is 10.0 Å². The number of ether oxygens (including phenoxy) is 2. The lowest BCUT2D eigenvalue weighted by Gasteiger charge is -2.22. The molecule has 1 amide bonds. The van der Waals surface area contributed by atoms with Crippen LogP contribution >= 0.6 is 0 Å². The molecule has 0 radical (unpaired) electrons. The summed E-state index contributed by atoms with van der Waals surface area (Å²) in [6.45, 7) is 10.9. The minimum atomic E-state index is -3.63. The van der Waals surface area contributed by atoms with Gasteiger partial charge in [-0.1, -0.05) is 20.8 Å². The second-order valence-electron chi connectivity index (χ2n) is 7.84. The van der Waals surface area contributed by atoms with Crippen LogP contribution in [0, 0.1) is 5.41 Å². The Morgan fingerprint density at radius 1 is 1.16 bits per heavy atom. The van der Waals surface area contributed by atoms with Crippen LogP contribution in [0.1, 0.15) is 54.4 Å². The molecule has 0 saturated heterocycles. The van der Waals surface area contributed by atoms with Crippen LogP contribution in [0.25, 0.3) is 0 Å². The molecule has 0 heterocycles. The Bertz CT molecular complexity index is 585. The second kappa shape index (κ2) is 9.17. The molecule has 0 fully saturated rings. The number of nitrogens with zero attached hydrogens (tertiary/aromatic N) is 1. The highest BCUT2D eigenvalue weighted by atomic mass is 32.2. The predicted molar refractivity (Wildman–Crippen MR) is 96.1 cm³/mol. The third-order valence-electron chi connectivity index (χ3n) is 2.86. The number of carbonyl (C=O) groups excluding carboxylic acids is 2. The number of amides is 1. The number of rotatable bonds is 7. The number of alkyl carbamates (subject to hydrolysis) is 1. The summed E-state index contributed by atoms with van der Waals surface area (Å²) in [4.78, 5) is 23.5. The van der Waals surface area contributed by atoms with Crippen molar-refractivity contribution < 1.29 is 27.5 Å². The molecule has 0 spiro atoms. The van der Waals surface area contributed by atoms with Crippen LogP contribution in [0.2, 0.25) is 0 Å². The van der Waals surface area contributed by atoms with Crippen LogP contribution in [0.4, 0.5) is 4.79 Å². The van der Waals surface area contributed by atoms with Crippen LogP contribution in [0.3, 0.4) is 0 Å². The highest BCUT2D eigenvalue weighted by molar-refractivity contribution is 7.90. The van der Waals surface area contributed by atoms with Crippen LogP contribution < -0.4 is 5.32 Å². The first-order chi connectivity index (χ1) is 11.2. The molecule has 9 heteroatoms. The van der Waals surface area contributed by atoms with E-state index < -0.39 is 33.7 Å². The highest BCUT2D eigenvalue weighted by Gasteiger charge is 2.24. The molecule has 0 aliphatic heterocycles. The molecule has 1 atom stereocenters. The number of hydrogen-bond acceptors (Lipinski definition) is 6. The second-order valence-corrected chi connectivity index (χ2v) is 9.63. The summed E-state index contributed by atoms with van der Waals surface area (Å²) in [7, 11) is -2.46. The molecule has 0 aliphatic carbocycles. The van der Waals surface area contributed by atoms with Gasteiger partial charge in [0.1, 0.15) is 11.6 Å². The number of sulfonamides is 1. The fourth-order valence-corrected chi connectivity index (χ4v) is 2.84. The lowest BCUT2D eigenvalue weighted by Crippen LogP contribution is -2.44. The summed E-state index contributed by atoms with van der Waals surface area (Å²) in [5.74, 6) is -0.806. The lowest BCUT2D eigenvalue weighted by atomic mass is 9.94. The van der Waals surface area contributed by atoms with Crippen molar-refractivity contribution >= 4 is 28.3 Å². The van der Waals surface area contributed by atoms with Crippen molar-refractivity contribution in [3.63, 3.8) is 0 Å². The SMILES string of the molecule is COC(=O)[C@H](CC=NS(=O)(=O)CCC(C)(C)C)NC(=O)OC(C)(C)C.